The van der Waals surface area contributed by atoms with E-state index in [0.29, 0.717) is 46.9 Å². The van der Waals surface area contributed by atoms with Crippen LogP contribution < -0.4 is 20.7 Å². The van der Waals surface area contributed by atoms with E-state index in [1.54, 1.807) is 50.4 Å². The van der Waals surface area contributed by atoms with Crippen LogP contribution in [0.15, 0.2) is 54.9 Å². The molecule has 1 unspecified atom stereocenters. The summed E-state index contributed by atoms with van der Waals surface area (Å²) in [5.74, 6) is 0.0161. The summed E-state index contributed by atoms with van der Waals surface area (Å²) in [6, 6.07) is 10.7. The summed E-state index contributed by atoms with van der Waals surface area (Å²) < 4.78 is 74.0. The van der Waals surface area contributed by atoms with Gasteiger partial charge in [0.1, 0.15) is 17.2 Å². The Morgan fingerprint density at radius 2 is 1.90 bits per heavy atom. The first kappa shape index (κ1) is 29.4. The molecule has 8 nitrogen and oxygen atoms in total. The minimum atomic E-state index is -4.86. The maximum absolute atomic E-state index is 14.7. The Balaban J connectivity index is 1.45. The molecule has 222 valence electrons. The van der Waals surface area contributed by atoms with Crippen LogP contribution in [0.1, 0.15) is 18.9 Å². The SMILES string of the molecule is Cc1ccc2c(NCC(O)C(F)(F)F)c(F)ccc2c1Oc1ncccc1-c1ccnc(N[C@@H]2CNC[C@@](C)(F)C2)n1. The number of aliphatic hydroxyl groups excluding tert-OH is 1. The fraction of sp³-hybridized carbons (Fsp3) is 0.345. The Kier molecular flexibility index (Phi) is 8.15. The van der Waals surface area contributed by atoms with Crippen LogP contribution in [0.4, 0.5) is 33.6 Å². The second-order valence-corrected chi connectivity index (χ2v) is 10.5. The van der Waals surface area contributed by atoms with Gasteiger partial charge in [0, 0.05) is 55.3 Å². The lowest BCUT2D eigenvalue weighted by Crippen LogP contribution is -2.50. The van der Waals surface area contributed by atoms with Crippen LogP contribution in [0.5, 0.6) is 11.6 Å². The molecule has 0 amide bonds. The summed E-state index contributed by atoms with van der Waals surface area (Å²) in [5, 5.41) is 18.7. The second kappa shape index (κ2) is 11.6. The predicted molar refractivity (Wildman–Crippen MR) is 149 cm³/mol. The summed E-state index contributed by atoms with van der Waals surface area (Å²) in [5.41, 5.74) is 0.107. The second-order valence-electron chi connectivity index (χ2n) is 10.5. The standard InChI is InChI=1S/C29H29F5N6O2/c1-16-5-6-18-19(7-8-21(30)24(18)38-14-23(41)29(32,33)34)25(16)42-26-20(4-3-10-36-26)22-9-11-37-27(40-22)39-17-12-28(2,31)15-35-13-17/h3-11,17,23,35,38,41H,12-15H2,1-2H3,(H,37,39,40)/t17-,23?,28-/m0/s1. The number of ether oxygens (including phenoxy) is 1. The Morgan fingerprint density at radius 1 is 1.12 bits per heavy atom. The van der Waals surface area contributed by atoms with E-state index in [2.05, 4.69) is 30.9 Å². The van der Waals surface area contributed by atoms with Gasteiger partial charge in [-0.15, -0.1) is 0 Å². The van der Waals surface area contributed by atoms with Crippen molar-refractivity contribution in [1.82, 2.24) is 20.3 Å². The zero-order valence-electron chi connectivity index (χ0n) is 22.8. The highest BCUT2D eigenvalue weighted by atomic mass is 19.4. The molecule has 1 fully saturated rings. The third-order valence-electron chi connectivity index (χ3n) is 6.94. The number of piperidine rings is 1. The van der Waals surface area contributed by atoms with Gasteiger partial charge in [-0.1, -0.05) is 12.1 Å². The number of nitrogens with zero attached hydrogens (tertiary/aromatic N) is 3. The molecule has 0 aliphatic carbocycles. The molecule has 0 bridgehead atoms. The van der Waals surface area contributed by atoms with Crippen LogP contribution in [-0.2, 0) is 0 Å². The first-order chi connectivity index (χ1) is 19.9. The lowest BCUT2D eigenvalue weighted by atomic mass is 9.95. The van der Waals surface area contributed by atoms with Gasteiger partial charge in [-0.2, -0.15) is 13.2 Å². The Bertz CT molecular complexity index is 1580. The topological polar surface area (TPSA) is 104 Å². The average molecular weight is 589 g/mol. The van der Waals surface area contributed by atoms with E-state index in [4.69, 9.17) is 4.74 Å². The molecule has 0 spiro atoms. The van der Waals surface area contributed by atoms with Crippen molar-refractivity contribution in [1.29, 1.82) is 0 Å². The van der Waals surface area contributed by atoms with Gasteiger partial charge in [0.05, 0.1) is 16.9 Å². The van der Waals surface area contributed by atoms with Crippen molar-refractivity contribution in [3.63, 3.8) is 0 Å². The van der Waals surface area contributed by atoms with Crippen LogP contribution in [0, 0.1) is 12.7 Å². The summed E-state index contributed by atoms with van der Waals surface area (Å²) in [6.45, 7) is 3.21. The number of halogens is 5. The summed E-state index contributed by atoms with van der Waals surface area (Å²) in [7, 11) is 0. The number of aryl methyl sites for hydroxylation is 1. The summed E-state index contributed by atoms with van der Waals surface area (Å²) in [4.78, 5) is 13.2. The third-order valence-corrected chi connectivity index (χ3v) is 6.94. The molecule has 4 aromatic rings. The molecule has 2 aromatic carbocycles. The smallest absolute Gasteiger partial charge is 0.416 e. The van der Waals surface area contributed by atoms with E-state index >= 15 is 0 Å². The minimum Gasteiger partial charge on any atom is -0.437 e. The molecule has 0 radical (unpaired) electrons. The van der Waals surface area contributed by atoms with E-state index in [9.17, 15) is 27.1 Å². The number of rotatable bonds is 8. The molecule has 1 aliphatic heterocycles. The average Bonchev–Trinajstić information content (AvgIpc) is 2.93. The van der Waals surface area contributed by atoms with Gasteiger partial charge in [-0.05, 0) is 49.7 Å². The molecule has 3 heterocycles. The van der Waals surface area contributed by atoms with Gasteiger partial charge in [-0.25, -0.2) is 23.7 Å². The van der Waals surface area contributed by atoms with E-state index in [-0.39, 0.29) is 29.5 Å². The normalized spacial score (nSPS) is 19.9. The summed E-state index contributed by atoms with van der Waals surface area (Å²) in [6.07, 6.45) is -4.15. The first-order valence-corrected chi connectivity index (χ1v) is 13.2. The largest absolute Gasteiger partial charge is 0.437 e. The Labute approximate surface area is 238 Å². The molecule has 1 saturated heterocycles. The van der Waals surface area contributed by atoms with Crippen molar-refractivity contribution in [3.05, 3.63) is 66.2 Å². The first-order valence-electron chi connectivity index (χ1n) is 13.2. The predicted octanol–water partition coefficient (Wildman–Crippen LogP) is 5.77. The summed E-state index contributed by atoms with van der Waals surface area (Å²) >= 11 is 0. The van der Waals surface area contributed by atoms with E-state index in [1.807, 2.05) is 0 Å². The van der Waals surface area contributed by atoms with Gasteiger partial charge >= 0.3 is 6.18 Å². The number of nitrogens with one attached hydrogen (secondary N) is 3. The van der Waals surface area contributed by atoms with Gasteiger partial charge in [-0.3, -0.25) is 0 Å². The van der Waals surface area contributed by atoms with Crippen LogP contribution in [0.2, 0.25) is 0 Å². The quantitative estimate of drug-likeness (QED) is 0.193. The number of anilines is 2. The van der Waals surface area contributed by atoms with Gasteiger partial charge < -0.3 is 25.8 Å². The van der Waals surface area contributed by atoms with Crippen LogP contribution in [0.3, 0.4) is 0 Å². The van der Waals surface area contributed by atoms with E-state index in [1.165, 1.54) is 12.3 Å². The molecule has 2 aromatic heterocycles. The van der Waals surface area contributed by atoms with Gasteiger partial charge in [0.2, 0.25) is 11.8 Å². The number of hydrogen-bond donors (Lipinski definition) is 4. The zero-order chi connectivity index (χ0) is 30.1. The van der Waals surface area contributed by atoms with Crippen molar-refractivity contribution in [2.75, 3.05) is 30.3 Å². The lowest BCUT2D eigenvalue weighted by molar-refractivity contribution is -0.198. The fourth-order valence-corrected chi connectivity index (χ4v) is 4.88. The molecule has 42 heavy (non-hydrogen) atoms. The maximum Gasteiger partial charge on any atom is 0.416 e. The minimum absolute atomic E-state index is 0.180. The monoisotopic (exact) mass is 588 g/mol. The molecule has 0 saturated carbocycles. The Morgan fingerprint density at radius 3 is 2.67 bits per heavy atom. The van der Waals surface area contributed by atoms with Crippen LogP contribution in [0.25, 0.3) is 22.0 Å². The number of alkyl halides is 4. The van der Waals surface area contributed by atoms with Crippen molar-refractivity contribution in [2.24, 2.45) is 0 Å². The van der Waals surface area contributed by atoms with E-state index < -0.39 is 30.3 Å². The van der Waals surface area contributed by atoms with Crippen molar-refractivity contribution >= 4 is 22.4 Å². The highest BCUT2D eigenvalue weighted by Crippen LogP contribution is 2.39. The van der Waals surface area contributed by atoms with Crippen molar-refractivity contribution in [2.45, 2.75) is 44.3 Å². The maximum atomic E-state index is 14.7. The number of pyridine rings is 1. The Hall–Kier alpha value is -4.10. The van der Waals surface area contributed by atoms with Crippen molar-refractivity contribution < 1.29 is 31.8 Å². The highest BCUT2D eigenvalue weighted by molar-refractivity contribution is 5.99. The highest BCUT2D eigenvalue weighted by Gasteiger charge is 2.38. The zero-order valence-corrected chi connectivity index (χ0v) is 22.8. The molecule has 3 atom stereocenters. The number of fused-ring (bicyclic) bond motifs is 1. The fourth-order valence-electron chi connectivity index (χ4n) is 4.88. The van der Waals surface area contributed by atoms with Crippen LogP contribution >= 0.6 is 0 Å². The number of hydrogen-bond acceptors (Lipinski definition) is 8. The molecular formula is C29H29F5N6O2. The molecule has 1 aliphatic rings. The van der Waals surface area contributed by atoms with Crippen molar-refractivity contribution in [3.8, 4) is 22.9 Å². The van der Waals surface area contributed by atoms with Gasteiger partial charge in [0.25, 0.3) is 0 Å². The molecule has 5 rings (SSSR count). The lowest BCUT2D eigenvalue weighted by Gasteiger charge is -2.33. The number of aliphatic hydroxyl groups is 1. The van der Waals surface area contributed by atoms with E-state index in [0.717, 1.165) is 6.07 Å². The number of benzene rings is 2. The third kappa shape index (κ3) is 6.52. The van der Waals surface area contributed by atoms with Gasteiger partial charge in [0.15, 0.2) is 6.10 Å². The molecular weight excluding hydrogens is 559 g/mol. The molecule has 13 heteroatoms. The van der Waals surface area contributed by atoms with Crippen LogP contribution in [-0.4, -0.2) is 63.7 Å². The molecule has 4 N–H and O–H groups in total. The number of aromatic nitrogens is 3.